The Morgan fingerprint density at radius 2 is 0.550 bits per heavy atom. The number of unbranched alkanes of at least 4 members (excludes halogenated alkanes) is 36. The van der Waals surface area contributed by atoms with Gasteiger partial charge in [0.15, 0.2) is 6.10 Å². The molecular weight excluding hydrogens is 745 g/mol. The Morgan fingerprint density at radius 1 is 0.317 bits per heavy atom. The van der Waals surface area contributed by atoms with Crippen LogP contribution in [0, 0.1) is 5.92 Å². The Bertz CT molecular complexity index is 903. The van der Waals surface area contributed by atoms with E-state index in [1.165, 1.54) is 199 Å². The van der Waals surface area contributed by atoms with Crippen LogP contribution >= 0.6 is 0 Å². The number of esters is 3. The molecular formula is C54H104O6. The number of carbonyl (C=O) groups excluding carboxylic acids is 3. The average Bonchev–Trinajstić information content (AvgIpc) is 3.23. The van der Waals surface area contributed by atoms with Gasteiger partial charge >= 0.3 is 17.9 Å². The minimum absolute atomic E-state index is 0.0629. The minimum Gasteiger partial charge on any atom is -0.462 e. The predicted molar refractivity (Wildman–Crippen MR) is 257 cm³/mol. The summed E-state index contributed by atoms with van der Waals surface area (Å²) in [5.74, 6) is -0.0357. The minimum atomic E-state index is -0.761. The monoisotopic (exact) mass is 849 g/mol. The Balaban J connectivity index is 4.26. The van der Waals surface area contributed by atoms with Gasteiger partial charge in [-0.05, 0) is 25.2 Å². The van der Waals surface area contributed by atoms with E-state index < -0.39 is 6.10 Å². The molecule has 0 bridgehead atoms. The molecule has 0 amide bonds. The zero-order chi connectivity index (χ0) is 43.8. The summed E-state index contributed by atoms with van der Waals surface area (Å²) in [7, 11) is 0. The van der Waals surface area contributed by atoms with E-state index in [0.717, 1.165) is 63.7 Å². The van der Waals surface area contributed by atoms with Crippen LogP contribution in [-0.2, 0) is 28.6 Å². The predicted octanol–water partition coefficient (Wildman–Crippen LogP) is 17.5. The van der Waals surface area contributed by atoms with Gasteiger partial charge in [-0.2, -0.15) is 0 Å². The van der Waals surface area contributed by atoms with Crippen molar-refractivity contribution in [3.63, 3.8) is 0 Å². The van der Waals surface area contributed by atoms with Gasteiger partial charge in [-0.3, -0.25) is 14.4 Å². The molecule has 0 radical (unpaired) electrons. The molecule has 0 fully saturated rings. The second-order valence-electron chi connectivity index (χ2n) is 19.0. The molecule has 0 aromatic rings. The Morgan fingerprint density at radius 3 is 0.817 bits per heavy atom. The number of hydrogen-bond acceptors (Lipinski definition) is 6. The second-order valence-corrected chi connectivity index (χ2v) is 19.0. The molecule has 0 heterocycles. The lowest BCUT2D eigenvalue weighted by molar-refractivity contribution is -0.167. The van der Waals surface area contributed by atoms with E-state index in [2.05, 4.69) is 27.7 Å². The van der Waals surface area contributed by atoms with Crippen molar-refractivity contribution in [1.82, 2.24) is 0 Å². The normalized spacial score (nSPS) is 11.9. The molecule has 1 atom stereocenters. The molecule has 60 heavy (non-hydrogen) atoms. The van der Waals surface area contributed by atoms with E-state index >= 15 is 0 Å². The van der Waals surface area contributed by atoms with E-state index in [1.54, 1.807) is 0 Å². The van der Waals surface area contributed by atoms with Gasteiger partial charge in [-0.25, -0.2) is 0 Å². The van der Waals surface area contributed by atoms with Crippen LogP contribution in [0.15, 0.2) is 0 Å². The summed E-state index contributed by atoms with van der Waals surface area (Å²) >= 11 is 0. The fourth-order valence-electron chi connectivity index (χ4n) is 8.22. The number of ether oxygens (including phenoxy) is 3. The summed E-state index contributed by atoms with van der Waals surface area (Å²) < 4.78 is 16.8. The molecule has 356 valence electrons. The van der Waals surface area contributed by atoms with Gasteiger partial charge in [0.2, 0.25) is 0 Å². The first-order valence-corrected chi connectivity index (χ1v) is 26.9. The highest BCUT2D eigenvalue weighted by atomic mass is 16.6. The van der Waals surface area contributed by atoms with Crippen LogP contribution < -0.4 is 0 Å². The highest BCUT2D eigenvalue weighted by molar-refractivity contribution is 5.71. The summed E-state index contributed by atoms with van der Waals surface area (Å²) in [6.45, 7) is 9.01. The summed E-state index contributed by atoms with van der Waals surface area (Å²) in [6, 6.07) is 0. The van der Waals surface area contributed by atoms with E-state index in [-0.39, 0.29) is 31.1 Å². The van der Waals surface area contributed by atoms with Crippen molar-refractivity contribution in [2.45, 2.75) is 310 Å². The molecule has 0 aromatic heterocycles. The van der Waals surface area contributed by atoms with Crippen LogP contribution in [0.4, 0.5) is 0 Å². The summed E-state index contributed by atoms with van der Waals surface area (Å²) in [5, 5.41) is 0. The molecule has 0 aromatic carbocycles. The van der Waals surface area contributed by atoms with E-state index in [0.29, 0.717) is 19.3 Å². The molecule has 0 aliphatic heterocycles. The quantitative estimate of drug-likeness (QED) is 0.0345. The van der Waals surface area contributed by atoms with Crippen LogP contribution in [0.1, 0.15) is 304 Å². The van der Waals surface area contributed by atoms with Crippen molar-refractivity contribution in [1.29, 1.82) is 0 Å². The van der Waals surface area contributed by atoms with Crippen molar-refractivity contribution in [2.24, 2.45) is 5.92 Å². The third-order valence-electron chi connectivity index (χ3n) is 12.3. The van der Waals surface area contributed by atoms with Crippen molar-refractivity contribution < 1.29 is 28.6 Å². The van der Waals surface area contributed by atoms with E-state index in [9.17, 15) is 14.4 Å². The number of carbonyl (C=O) groups is 3. The van der Waals surface area contributed by atoms with Crippen molar-refractivity contribution in [2.75, 3.05) is 13.2 Å². The topological polar surface area (TPSA) is 78.9 Å². The van der Waals surface area contributed by atoms with Crippen LogP contribution in [0.5, 0.6) is 0 Å². The second kappa shape index (κ2) is 48.4. The van der Waals surface area contributed by atoms with Gasteiger partial charge in [0.1, 0.15) is 13.2 Å². The third kappa shape index (κ3) is 47.5. The number of rotatable bonds is 49. The van der Waals surface area contributed by atoms with Gasteiger partial charge in [0.25, 0.3) is 0 Å². The zero-order valence-corrected chi connectivity index (χ0v) is 40.9. The first kappa shape index (κ1) is 58.4. The van der Waals surface area contributed by atoms with E-state index in [1.807, 2.05) is 0 Å². The summed E-state index contributed by atoms with van der Waals surface area (Å²) in [5.41, 5.74) is 0. The molecule has 0 rings (SSSR count). The summed E-state index contributed by atoms with van der Waals surface area (Å²) in [4.78, 5) is 37.9. The average molecular weight is 849 g/mol. The fraction of sp³-hybridized carbons (Fsp3) is 0.944. The van der Waals surface area contributed by atoms with Crippen molar-refractivity contribution in [3.8, 4) is 0 Å². The van der Waals surface area contributed by atoms with Crippen molar-refractivity contribution in [3.05, 3.63) is 0 Å². The maximum atomic E-state index is 12.8. The van der Waals surface area contributed by atoms with Gasteiger partial charge in [0.05, 0.1) is 0 Å². The van der Waals surface area contributed by atoms with Crippen LogP contribution in [0.25, 0.3) is 0 Å². The number of hydrogen-bond donors (Lipinski definition) is 0. The molecule has 0 N–H and O–H groups in total. The Kier molecular flexibility index (Phi) is 47.2. The highest BCUT2D eigenvalue weighted by Crippen LogP contribution is 2.17. The largest absolute Gasteiger partial charge is 0.462 e. The van der Waals surface area contributed by atoms with Gasteiger partial charge in [0, 0.05) is 19.3 Å². The smallest absolute Gasteiger partial charge is 0.306 e. The molecule has 6 nitrogen and oxygen atoms in total. The lowest BCUT2D eigenvalue weighted by atomic mass is 10.0. The summed E-state index contributed by atoms with van der Waals surface area (Å²) in [6.07, 6.45) is 50.9. The van der Waals surface area contributed by atoms with Gasteiger partial charge < -0.3 is 14.2 Å². The van der Waals surface area contributed by atoms with Gasteiger partial charge in [-0.15, -0.1) is 0 Å². The fourth-order valence-corrected chi connectivity index (χ4v) is 8.22. The Labute approximate surface area is 374 Å². The first-order chi connectivity index (χ1) is 29.4. The Hall–Kier alpha value is -1.59. The maximum Gasteiger partial charge on any atom is 0.306 e. The molecule has 0 saturated carbocycles. The molecule has 6 heteroatoms. The molecule has 0 saturated heterocycles. The molecule has 0 spiro atoms. The third-order valence-corrected chi connectivity index (χ3v) is 12.3. The highest BCUT2D eigenvalue weighted by Gasteiger charge is 2.19. The molecule has 0 aliphatic carbocycles. The molecule has 0 unspecified atom stereocenters. The SMILES string of the molecule is CCCCCCCCCCCCCCCCCCCCCC(=O)O[C@@H](COC(=O)CCCCCCCCCCCCC)COC(=O)CCCCCCCCCCCC(C)C. The van der Waals surface area contributed by atoms with Crippen LogP contribution in [0.2, 0.25) is 0 Å². The van der Waals surface area contributed by atoms with E-state index in [4.69, 9.17) is 14.2 Å². The maximum absolute atomic E-state index is 12.8. The van der Waals surface area contributed by atoms with Gasteiger partial charge in [-0.1, -0.05) is 265 Å². The van der Waals surface area contributed by atoms with Crippen LogP contribution in [-0.4, -0.2) is 37.2 Å². The lowest BCUT2D eigenvalue weighted by Gasteiger charge is -2.18. The van der Waals surface area contributed by atoms with Crippen molar-refractivity contribution >= 4 is 17.9 Å². The lowest BCUT2D eigenvalue weighted by Crippen LogP contribution is -2.30. The van der Waals surface area contributed by atoms with Crippen LogP contribution in [0.3, 0.4) is 0 Å². The standard InChI is InChI=1S/C54H104O6/c1-5-7-9-11-13-15-17-18-19-20-21-22-23-24-26-30-35-39-43-47-54(57)60-51(48-58-52(55)45-41-37-33-29-25-16-14-12-10-8-6-2)49-59-53(56)46-42-38-34-31-27-28-32-36-40-44-50(3)4/h50-51H,5-49H2,1-4H3/t51-/m0/s1. The first-order valence-electron chi connectivity index (χ1n) is 26.9. The zero-order valence-electron chi connectivity index (χ0n) is 40.9. The molecule has 0 aliphatic rings.